The van der Waals surface area contributed by atoms with Gasteiger partial charge in [0.05, 0.1) is 25.6 Å². The molecule has 0 radical (unpaired) electrons. The van der Waals surface area contributed by atoms with E-state index in [0.717, 1.165) is 5.56 Å². The molecule has 40 heavy (non-hydrogen) atoms. The summed E-state index contributed by atoms with van der Waals surface area (Å²) >= 11 is 0. The van der Waals surface area contributed by atoms with E-state index in [0.29, 0.717) is 17.2 Å². The average Bonchev–Trinajstić information content (AvgIpc) is 3.48. The van der Waals surface area contributed by atoms with E-state index in [9.17, 15) is 17.2 Å². The lowest BCUT2D eigenvalue weighted by Gasteiger charge is -2.25. The highest BCUT2D eigenvalue weighted by atomic mass is 32.2. The number of nitrogens with zero attached hydrogens (tertiary/aromatic N) is 5. The number of sulfone groups is 1. The van der Waals surface area contributed by atoms with Crippen molar-refractivity contribution in [2.45, 2.75) is 82.0 Å². The Morgan fingerprint density at radius 3 is 2.23 bits per heavy atom. The van der Waals surface area contributed by atoms with Crippen molar-refractivity contribution in [3.63, 3.8) is 0 Å². The monoisotopic (exact) mass is 579 g/mol. The van der Waals surface area contributed by atoms with Crippen molar-refractivity contribution in [3.8, 4) is 17.2 Å². The largest absolute Gasteiger partial charge is 0.494 e. The first-order valence-electron chi connectivity index (χ1n) is 13.1. The number of ether oxygens (including phenoxy) is 3. The molecule has 1 aliphatic rings. The van der Waals surface area contributed by atoms with Gasteiger partial charge in [0.2, 0.25) is 5.92 Å². The first-order valence-corrected chi connectivity index (χ1v) is 14.8. The number of methoxy groups -OCH3 is 2. The zero-order chi connectivity index (χ0) is 29.2. The van der Waals surface area contributed by atoms with Gasteiger partial charge in [-0.2, -0.15) is 0 Å². The van der Waals surface area contributed by atoms with Crippen LogP contribution in [0.1, 0.15) is 75.1 Å². The first-order chi connectivity index (χ1) is 18.9. The Morgan fingerprint density at radius 2 is 1.70 bits per heavy atom. The van der Waals surface area contributed by atoms with Gasteiger partial charge in [0, 0.05) is 31.2 Å². The second-order valence-corrected chi connectivity index (χ2v) is 12.7. The molecule has 1 saturated carbocycles. The van der Waals surface area contributed by atoms with Gasteiger partial charge in [-0.05, 0) is 51.8 Å². The standard InChI is InChI=1S/C27H35F2N5O5S/c1-16(2)39-24(25-30-13-17(3)14-31-25)18(4)40(35,36)15-22-32-33-26(19-10-11-27(28,29)12-19)34(22)23-20(37-5)8-7-9-21(23)38-6/h7-9,13-14,16,18-19,24H,10-12,15H2,1-6H3/t18-,19+,24+/m0/s1. The lowest BCUT2D eigenvalue weighted by molar-refractivity contribution is 0.00138. The average molecular weight is 580 g/mol. The van der Waals surface area contributed by atoms with E-state index in [1.54, 1.807) is 44.4 Å². The molecule has 0 aliphatic heterocycles. The minimum absolute atomic E-state index is 0.0491. The third-order valence-electron chi connectivity index (χ3n) is 6.95. The molecule has 4 rings (SSSR count). The molecule has 218 valence electrons. The lowest BCUT2D eigenvalue weighted by Crippen LogP contribution is -2.32. The van der Waals surface area contributed by atoms with Crippen LogP contribution in [-0.4, -0.2) is 64.6 Å². The topological polar surface area (TPSA) is 118 Å². The van der Waals surface area contributed by atoms with E-state index in [4.69, 9.17) is 14.2 Å². The van der Waals surface area contributed by atoms with Gasteiger partial charge in [0.15, 0.2) is 21.5 Å². The number of hydrogen-bond donors (Lipinski definition) is 0. The van der Waals surface area contributed by atoms with Gasteiger partial charge in [-0.1, -0.05) is 6.07 Å². The number of hydrogen-bond acceptors (Lipinski definition) is 9. The molecule has 2 heterocycles. The van der Waals surface area contributed by atoms with Crippen LogP contribution in [0.4, 0.5) is 8.78 Å². The predicted molar refractivity (Wildman–Crippen MR) is 144 cm³/mol. The minimum atomic E-state index is -3.98. The van der Waals surface area contributed by atoms with Crippen LogP contribution in [-0.2, 0) is 20.3 Å². The minimum Gasteiger partial charge on any atom is -0.494 e. The Kier molecular flexibility index (Phi) is 8.74. The molecule has 0 unspecified atom stereocenters. The molecule has 1 fully saturated rings. The Labute approximate surface area is 233 Å². The van der Waals surface area contributed by atoms with E-state index in [-0.39, 0.29) is 36.4 Å². The zero-order valence-corrected chi connectivity index (χ0v) is 24.3. The van der Waals surface area contributed by atoms with Crippen LogP contribution >= 0.6 is 0 Å². The molecule has 3 aromatic rings. The van der Waals surface area contributed by atoms with Crippen LogP contribution in [0.2, 0.25) is 0 Å². The van der Waals surface area contributed by atoms with Gasteiger partial charge in [-0.15, -0.1) is 10.2 Å². The van der Waals surface area contributed by atoms with Crippen LogP contribution in [0.3, 0.4) is 0 Å². The number of aromatic nitrogens is 5. The van der Waals surface area contributed by atoms with Gasteiger partial charge in [0.1, 0.15) is 34.9 Å². The highest BCUT2D eigenvalue weighted by Gasteiger charge is 2.43. The van der Waals surface area contributed by atoms with Crippen molar-refractivity contribution in [2.75, 3.05) is 14.2 Å². The van der Waals surface area contributed by atoms with Gasteiger partial charge in [0.25, 0.3) is 0 Å². The number of para-hydroxylation sites is 1. The van der Waals surface area contributed by atoms with Crippen LogP contribution in [0, 0.1) is 6.92 Å². The molecule has 1 aromatic carbocycles. The van der Waals surface area contributed by atoms with Crippen LogP contribution in [0.25, 0.3) is 5.69 Å². The number of aryl methyl sites for hydroxylation is 1. The molecule has 0 bridgehead atoms. The van der Waals surface area contributed by atoms with Gasteiger partial charge < -0.3 is 14.2 Å². The molecule has 0 spiro atoms. The number of rotatable bonds is 11. The first kappa shape index (κ1) is 29.8. The van der Waals surface area contributed by atoms with Gasteiger partial charge >= 0.3 is 0 Å². The number of benzene rings is 1. The molecule has 10 nitrogen and oxygen atoms in total. The maximum absolute atomic E-state index is 14.2. The SMILES string of the molecule is COc1cccc(OC)c1-n1c(CS(=O)(=O)[C@@H](C)[C@@H](OC(C)C)c2ncc(C)cn2)nnc1[C@@H]1CCC(F)(F)C1. The van der Waals surface area contributed by atoms with Gasteiger partial charge in [-0.25, -0.2) is 27.2 Å². The zero-order valence-electron chi connectivity index (χ0n) is 23.5. The molecule has 1 aliphatic carbocycles. The summed E-state index contributed by atoms with van der Waals surface area (Å²) in [5, 5.41) is 7.39. The fraction of sp³-hybridized carbons (Fsp3) is 0.556. The summed E-state index contributed by atoms with van der Waals surface area (Å²) in [5.41, 5.74) is 1.17. The second kappa shape index (κ2) is 11.7. The van der Waals surface area contributed by atoms with Crippen molar-refractivity contribution in [3.05, 3.63) is 53.6 Å². The van der Waals surface area contributed by atoms with Gasteiger partial charge in [-0.3, -0.25) is 4.57 Å². The summed E-state index contributed by atoms with van der Waals surface area (Å²) in [6.07, 6.45) is 1.43. The molecular formula is C27H35F2N5O5S. The quantitative estimate of drug-likeness (QED) is 0.317. The normalized spacial score (nSPS) is 18.6. The fourth-order valence-corrected chi connectivity index (χ4v) is 6.25. The van der Waals surface area contributed by atoms with Crippen molar-refractivity contribution in [1.82, 2.24) is 24.7 Å². The summed E-state index contributed by atoms with van der Waals surface area (Å²) in [7, 11) is -1.06. The highest BCUT2D eigenvalue weighted by molar-refractivity contribution is 7.91. The second-order valence-electron chi connectivity index (χ2n) is 10.4. The molecule has 2 aromatic heterocycles. The summed E-state index contributed by atoms with van der Waals surface area (Å²) in [6.45, 7) is 6.97. The maximum Gasteiger partial charge on any atom is 0.248 e. The molecule has 13 heteroatoms. The summed E-state index contributed by atoms with van der Waals surface area (Å²) in [4.78, 5) is 8.63. The van der Waals surface area contributed by atoms with Crippen LogP contribution in [0.15, 0.2) is 30.6 Å². The van der Waals surface area contributed by atoms with Crippen LogP contribution in [0.5, 0.6) is 11.5 Å². The molecule has 0 N–H and O–H groups in total. The smallest absolute Gasteiger partial charge is 0.248 e. The van der Waals surface area contributed by atoms with Crippen molar-refractivity contribution in [2.24, 2.45) is 0 Å². The predicted octanol–water partition coefficient (Wildman–Crippen LogP) is 4.76. The molecule has 0 amide bonds. The molecule has 3 atom stereocenters. The van der Waals surface area contributed by atoms with E-state index < -0.39 is 45.2 Å². The van der Waals surface area contributed by atoms with E-state index >= 15 is 0 Å². The third-order valence-corrected chi connectivity index (χ3v) is 8.99. The van der Waals surface area contributed by atoms with Crippen molar-refractivity contribution < 1.29 is 31.4 Å². The third kappa shape index (κ3) is 6.25. The Bertz CT molecular complexity index is 1410. The Hall–Kier alpha value is -3.19. The summed E-state index contributed by atoms with van der Waals surface area (Å²) in [6, 6.07) is 5.06. The van der Waals surface area contributed by atoms with Crippen LogP contribution < -0.4 is 9.47 Å². The summed E-state index contributed by atoms with van der Waals surface area (Å²) < 4.78 is 74.9. The summed E-state index contributed by atoms with van der Waals surface area (Å²) in [5.74, 6) is -2.79. The fourth-order valence-electron chi connectivity index (χ4n) is 4.88. The lowest BCUT2D eigenvalue weighted by atomic mass is 10.1. The van der Waals surface area contributed by atoms with E-state index in [2.05, 4.69) is 20.2 Å². The molecular weight excluding hydrogens is 544 g/mol. The van der Waals surface area contributed by atoms with Crippen molar-refractivity contribution >= 4 is 9.84 Å². The van der Waals surface area contributed by atoms with E-state index in [1.165, 1.54) is 25.7 Å². The highest BCUT2D eigenvalue weighted by Crippen LogP contribution is 2.45. The van der Waals surface area contributed by atoms with E-state index in [1.807, 2.05) is 6.92 Å². The maximum atomic E-state index is 14.2. The molecule has 0 saturated heterocycles. The number of alkyl halides is 2. The Balaban J connectivity index is 1.80. The van der Waals surface area contributed by atoms with Crippen molar-refractivity contribution in [1.29, 1.82) is 0 Å². The number of halogens is 2. The Morgan fingerprint density at radius 1 is 1.07 bits per heavy atom.